The maximum atomic E-state index is 8.56. The van der Waals surface area contributed by atoms with E-state index in [4.69, 9.17) is 15.0 Å². The topological polar surface area (TPSA) is 254 Å². The first-order valence-corrected chi connectivity index (χ1v) is 0.651. The largest absolute Gasteiger partial charge is 1.00 e. The van der Waals surface area contributed by atoms with Gasteiger partial charge in [-0.1, -0.05) is 0 Å². The Kier molecular flexibility index (Phi) is 537. The fourth-order valence-corrected chi connectivity index (χ4v) is 0. The molecule has 0 amide bonds. The minimum Gasteiger partial charge on any atom is -1.00 e. The van der Waals surface area contributed by atoms with Crippen LogP contribution in [0.3, 0.4) is 0 Å². The second-order valence-corrected chi connectivity index (χ2v) is 0.283. The molecule has 16 N–H and O–H groups in total. The Labute approximate surface area is 157 Å². The smallest absolute Gasteiger partial charge is 1.00 e. The Morgan fingerprint density at radius 1 is 0.833 bits per heavy atom. The molecule has 0 aromatic heterocycles. The van der Waals surface area contributed by atoms with Crippen LogP contribution in [0.4, 0.5) is 4.79 Å². The van der Waals surface area contributed by atoms with Crippen molar-refractivity contribution >= 4 is 6.16 Å². The van der Waals surface area contributed by atoms with Crippen LogP contribution in [0.25, 0.3) is 0 Å². The fraction of sp³-hybridized carbons (Fsp3) is 0. The van der Waals surface area contributed by atoms with Crippen molar-refractivity contribution in [3.8, 4) is 0 Å². The molecule has 0 saturated carbocycles. The van der Waals surface area contributed by atoms with E-state index in [0.717, 1.165) is 0 Å². The summed E-state index contributed by atoms with van der Waals surface area (Å²) in [4.78, 5) is 8.56. The molecular formula is CH18K2N2O7. The molecule has 12 heavy (non-hydrogen) atoms. The van der Waals surface area contributed by atoms with Crippen LogP contribution in [-0.2, 0) is 0 Å². The van der Waals surface area contributed by atoms with E-state index in [2.05, 4.69) is 0 Å². The third-order valence-electron chi connectivity index (χ3n) is 0. The number of hydrogen-bond donors (Lipinski definition) is 4. The predicted molar refractivity (Wildman–Crippen MR) is 37.4 cm³/mol. The van der Waals surface area contributed by atoms with Gasteiger partial charge in [-0.25, -0.2) is 4.79 Å². The molecule has 0 aliphatic carbocycles. The first-order valence-electron chi connectivity index (χ1n) is 0.651. The van der Waals surface area contributed by atoms with Gasteiger partial charge in [0.15, 0.2) is 0 Å². The van der Waals surface area contributed by atoms with Crippen LogP contribution in [0, 0.1) is 0 Å². The Morgan fingerprint density at radius 2 is 0.833 bits per heavy atom. The summed E-state index contributed by atoms with van der Waals surface area (Å²) in [5.41, 5.74) is 0. The molecule has 11 heteroatoms. The van der Waals surface area contributed by atoms with E-state index in [9.17, 15) is 0 Å². The van der Waals surface area contributed by atoms with Crippen molar-refractivity contribution in [1.29, 1.82) is 0 Å². The zero-order valence-electron chi connectivity index (χ0n) is 9.22. The summed E-state index contributed by atoms with van der Waals surface area (Å²) in [5.74, 6) is 0. The van der Waals surface area contributed by atoms with Gasteiger partial charge in [0.25, 0.3) is 0 Å². The van der Waals surface area contributed by atoms with Crippen molar-refractivity contribution in [2.24, 2.45) is 0 Å². The van der Waals surface area contributed by atoms with Crippen molar-refractivity contribution < 1.29 is 143 Å². The first-order chi connectivity index (χ1) is 1.73. The van der Waals surface area contributed by atoms with Gasteiger partial charge in [0.05, 0.1) is 0 Å². The van der Waals surface area contributed by atoms with Crippen LogP contribution >= 0.6 is 0 Å². The van der Waals surface area contributed by atoms with Gasteiger partial charge in [0.2, 0.25) is 0 Å². The summed E-state index contributed by atoms with van der Waals surface area (Å²) < 4.78 is 0. The molecule has 0 unspecified atom stereocenters. The van der Waals surface area contributed by atoms with Gasteiger partial charge in [0, 0.05) is 0 Å². The summed E-state index contributed by atoms with van der Waals surface area (Å²) in [6, 6.07) is 0. The molecule has 0 spiro atoms. The Morgan fingerprint density at radius 3 is 0.833 bits per heavy atom. The molecule has 76 valence electrons. The summed E-state index contributed by atoms with van der Waals surface area (Å²) >= 11 is 0. The number of hydrogen-bond acceptors (Lipinski definition) is 3. The minimum absolute atomic E-state index is 0. The maximum absolute atomic E-state index is 8.56. The second-order valence-electron chi connectivity index (χ2n) is 0.283. The molecule has 0 saturated heterocycles. The molecule has 0 aromatic carbocycles. The van der Waals surface area contributed by atoms with E-state index in [1.807, 2.05) is 0 Å². The van der Waals surface area contributed by atoms with E-state index in [1.165, 1.54) is 0 Å². The third-order valence-corrected chi connectivity index (χ3v) is 0. The van der Waals surface area contributed by atoms with Gasteiger partial charge in [-0.3, -0.25) is 0 Å². The Bertz CT molecular complexity index is 50.7. The molecule has 0 radical (unpaired) electrons. The van der Waals surface area contributed by atoms with Gasteiger partial charge < -0.3 is 47.3 Å². The summed E-state index contributed by atoms with van der Waals surface area (Å²) in [7, 11) is 0. The third kappa shape index (κ3) is 296. The van der Waals surface area contributed by atoms with Gasteiger partial charge in [0.1, 0.15) is 0 Å². The monoisotopic (exact) mass is 248 g/mol. The quantitative estimate of drug-likeness (QED) is 0.303. The van der Waals surface area contributed by atoms with Crippen molar-refractivity contribution in [3.05, 3.63) is 0 Å². The molecule has 0 bridgehead atoms. The van der Waals surface area contributed by atoms with Crippen LogP contribution in [0.2, 0.25) is 0 Å². The van der Waals surface area contributed by atoms with Crippen LogP contribution in [0.1, 0.15) is 2.85 Å². The van der Waals surface area contributed by atoms with E-state index in [1.54, 1.807) is 0 Å². The number of carbonyl (C=O) groups is 1. The Balaban J connectivity index is -0.000000001000. The van der Waals surface area contributed by atoms with Gasteiger partial charge >= 0.3 is 109 Å². The molecule has 9 nitrogen and oxygen atoms in total. The zero-order valence-corrected chi connectivity index (χ0v) is 13.5. The van der Waals surface area contributed by atoms with Gasteiger partial charge in [-0.2, -0.15) is 0 Å². The molecule has 0 atom stereocenters. The van der Waals surface area contributed by atoms with E-state index >= 15 is 0 Å². The fourth-order valence-electron chi connectivity index (χ4n) is 0. The van der Waals surface area contributed by atoms with Crippen LogP contribution in [-0.4, -0.2) is 38.3 Å². The van der Waals surface area contributed by atoms with Crippen molar-refractivity contribution in [1.82, 2.24) is 12.3 Å². The molecule has 0 heterocycles. The maximum Gasteiger partial charge on any atom is 1.00 e. The molecular weight excluding hydrogens is 230 g/mol. The zero-order chi connectivity index (χ0) is 3.58. The minimum atomic E-state index is -1.83. The average molecular weight is 248 g/mol. The summed E-state index contributed by atoms with van der Waals surface area (Å²) in [5, 5.41) is 13.9. The predicted octanol–water partition coefficient (Wildman–Crippen LogP) is -8.52. The molecule has 0 fully saturated rings. The van der Waals surface area contributed by atoms with Crippen LogP contribution in [0.15, 0.2) is 0 Å². The first kappa shape index (κ1) is 90.0. The standard InChI is InChI=1S/CH2O3.2K.2H3N.4H2O.2H/c2-1(3)4;;;;;;;;;;/h(H2,2,3,4);;;2*1H3;4*1H2;;/q;2*+1;;;;;;;2*-1. The number of carboxylic acid groups (broad SMARTS) is 2. The molecule has 0 aromatic rings. The molecule has 0 rings (SSSR count). The van der Waals surface area contributed by atoms with Gasteiger partial charge in [-0.15, -0.1) is 0 Å². The van der Waals surface area contributed by atoms with Crippen LogP contribution < -0.4 is 115 Å². The molecule has 0 aliphatic rings. The van der Waals surface area contributed by atoms with Gasteiger partial charge in [-0.05, 0) is 0 Å². The van der Waals surface area contributed by atoms with Crippen molar-refractivity contribution in [2.45, 2.75) is 0 Å². The SMILES string of the molecule is N.N.O.O.O.O.O=C(O)O.[H-].[H-].[K+].[K+]. The van der Waals surface area contributed by atoms with Crippen LogP contribution in [0.5, 0.6) is 0 Å². The average Bonchev–Trinajstić information content (AvgIpc) is 0.811. The van der Waals surface area contributed by atoms with E-state index in [-0.39, 0.29) is 140 Å². The second kappa shape index (κ2) is 71.6. The Hall–Kier alpha value is 2.30. The van der Waals surface area contributed by atoms with E-state index in [0.29, 0.717) is 0 Å². The van der Waals surface area contributed by atoms with Crippen molar-refractivity contribution in [3.63, 3.8) is 0 Å². The van der Waals surface area contributed by atoms with Crippen molar-refractivity contribution in [2.75, 3.05) is 0 Å². The summed E-state index contributed by atoms with van der Waals surface area (Å²) in [6.45, 7) is 0. The number of rotatable bonds is 0. The molecule has 0 aliphatic heterocycles. The summed E-state index contributed by atoms with van der Waals surface area (Å²) in [6.07, 6.45) is -1.83. The normalized spacial score (nSPS) is 2.00. The van der Waals surface area contributed by atoms with E-state index < -0.39 is 6.16 Å².